The Labute approximate surface area is 123 Å². The van der Waals surface area contributed by atoms with E-state index in [9.17, 15) is 0 Å². The van der Waals surface area contributed by atoms with Crippen LogP contribution in [0.3, 0.4) is 0 Å². The van der Waals surface area contributed by atoms with E-state index in [1.165, 1.54) is 6.33 Å². The zero-order chi connectivity index (χ0) is 12.5. The van der Waals surface area contributed by atoms with Crippen molar-refractivity contribution in [1.29, 1.82) is 0 Å². The van der Waals surface area contributed by atoms with E-state index < -0.39 is 0 Å². The van der Waals surface area contributed by atoms with Gasteiger partial charge in [-0.3, -0.25) is 0 Å². The maximum atomic E-state index is 5.40. The predicted octanol–water partition coefficient (Wildman–Crippen LogP) is 2.29. The molecule has 0 bridgehead atoms. The summed E-state index contributed by atoms with van der Waals surface area (Å²) in [6, 6.07) is 7.81. The first-order chi connectivity index (χ1) is 8.79. The molecule has 3 rings (SSSR count). The van der Waals surface area contributed by atoms with Gasteiger partial charge in [0.15, 0.2) is 11.5 Å². The fourth-order valence-corrected chi connectivity index (χ4v) is 2.14. The number of hydrogen-bond acceptors (Lipinski definition) is 5. The maximum absolute atomic E-state index is 5.40. The van der Waals surface area contributed by atoms with Gasteiger partial charge < -0.3 is 5.43 Å². The van der Waals surface area contributed by atoms with Gasteiger partial charge in [0, 0.05) is 4.47 Å². The van der Waals surface area contributed by atoms with Gasteiger partial charge in [-0.1, -0.05) is 22.0 Å². The van der Waals surface area contributed by atoms with Crippen LogP contribution in [0, 0.1) is 0 Å². The largest absolute Gasteiger partial charge is 0.308 e. The molecule has 0 unspecified atom stereocenters. The number of fused-ring (bicyclic) bond motifs is 1. The average Bonchev–Trinajstić information content (AvgIpc) is 2.82. The summed E-state index contributed by atoms with van der Waals surface area (Å²) < 4.78 is 2.72. The number of hydrazine groups is 1. The Morgan fingerprint density at radius 1 is 1.26 bits per heavy atom. The van der Waals surface area contributed by atoms with Crippen LogP contribution in [0.1, 0.15) is 0 Å². The third-order valence-electron chi connectivity index (χ3n) is 2.56. The van der Waals surface area contributed by atoms with E-state index in [-0.39, 0.29) is 12.4 Å². The van der Waals surface area contributed by atoms with Crippen molar-refractivity contribution in [3.8, 4) is 5.69 Å². The lowest BCUT2D eigenvalue weighted by atomic mass is 10.3. The van der Waals surface area contributed by atoms with Gasteiger partial charge in [-0.25, -0.2) is 20.5 Å². The van der Waals surface area contributed by atoms with Gasteiger partial charge in [0.25, 0.3) is 0 Å². The van der Waals surface area contributed by atoms with Crippen LogP contribution in [0.2, 0.25) is 0 Å². The Bertz CT molecular complexity index is 713. The monoisotopic (exact) mass is 340 g/mol. The molecule has 3 aromatic rings. The summed E-state index contributed by atoms with van der Waals surface area (Å²) in [4.78, 5) is 8.27. The zero-order valence-corrected chi connectivity index (χ0v) is 12.0. The van der Waals surface area contributed by atoms with Crippen molar-refractivity contribution in [2.24, 2.45) is 5.84 Å². The van der Waals surface area contributed by atoms with E-state index in [0.29, 0.717) is 11.5 Å². The van der Waals surface area contributed by atoms with Crippen molar-refractivity contribution < 1.29 is 0 Å². The molecular formula is C11H10BrClN6. The SMILES string of the molecule is Cl.NNc1ncnc2c1cnn2-c1cccc(Br)c1. The maximum Gasteiger partial charge on any atom is 0.168 e. The smallest absolute Gasteiger partial charge is 0.168 e. The summed E-state index contributed by atoms with van der Waals surface area (Å²) in [5.74, 6) is 5.96. The Balaban J connectivity index is 0.00000133. The summed E-state index contributed by atoms with van der Waals surface area (Å²) in [5, 5.41) is 5.09. The number of nitrogens with two attached hydrogens (primary N) is 1. The van der Waals surface area contributed by atoms with E-state index in [1.807, 2.05) is 24.3 Å². The molecule has 8 heteroatoms. The summed E-state index contributed by atoms with van der Waals surface area (Å²) in [6.07, 6.45) is 3.14. The fourth-order valence-electron chi connectivity index (χ4n) is 1.76. The van der Waals surface area contributed by atoms with Crippen LogP contribution in [0.4, 0.5) is 5.82 Å². The van der Waals surface area contributed by atoms with E-state index >= 15 is 0 Å². The van der Waals surface area contributed by atoms with Crippen LogP contribution in [-0.2, 0) is 0 Å². The van der Waals surface area contributed by atoms with Gasteiger partial charge in [-0.05, 0) is 18.2 Å². The molecule has 19 heavy (non-hydrogen) atoms. The van der Waals surface area contributed by atoms with Gasteiger partial charge in [0.1, 0.15) is 6.33 Å². The normalized spacial score (nSPS) is 10.2. The molecule has 2 aromatic heterocycles. The number of nitrogens with one attached hydrogen (secondary N) is 1. The highest BCUT2D eigenvalue weighted by atomic mass is 79.9. The van der Waals surface area contributed by atoms with Crippen molar-refractivity contribution >= 4 is 45.2 Å². The third kappa shape index (κ3) is 2.40. The number of hydrogen-bond donors (Lipinski definition) is 2. The molecule has 0 radical (unpaired) electrons. The van der Waals surface area contributed by atoms with Gasteiger partial charge in [0.05, 0.1) is 17.3 Å². The fraction of sp³-hybridized carbons (Fsp3) is 0. The first-order valence-electron chi connectivity index (χ1n) is 5.21. The quantitative estimate of drug-likeness (QED) is 0.552. The van der Waals surface area contributed by atoms with Crippen molar-refractivity contribution in [3.63, 3.8) is 0 Å². The zero-order valence-electron chi connectivity index (χ0n) is 9.62. The molecule has 0 atom stereocenters. The Morgan fingerprint density at radius 2 is 2.11 bits per heavy atom. The molecule has 0 aliphatic rings. The minimum absolute atomic E-state index is 0. The topological polar surface area (TPSA) is 81.7 Å². The number of rotatable bonds is 2. The minimum atomic E-state index is 0. The van der Waals surface area contributed by atoms with Crippen LogP contribution in [0.15, 0.2) is 41.3 Å². The molecule has 0 saturated heterocycles. The summed E-state index contributed by atoms with van der Waals surface area (Å²) >= 11 is 3.43. The second kappa shape index (κ2) is 5.52. The lowest BCUT2D eigenvalue weighted by Gasteiger charge is -2.04. The second-order valence-corrected chi connectivity index (χ2v) is 4.56. The number of nitrogen functional groups attached to an aromatic ring is 1. The van der Waals surface area contributed by atoms with Crippen LogP contribution >= 0.6 is 28.3 Å². The molecule has 3 N–H and O–H groups in total. The van der Waals surface area contributed by atoms with Crippen LogP contribution in [0.25, 0.3) is 16.7 Å². The van der Waals surface area contributed by atoms with E-state index in [2.05, 4.69) is 36.4 Å². The van der Waals surface area contributed by atoms with Crippen molar-refractivity contribution in [2.75, 3.05) is 5.43 Å². The number of benzene rings is 1. The number of aromatic nitrogens is 4. The first-order valence-corrected chi connectivity index (χ1v) is 6.00. The van der Waals surface area contributed by atoms with Crippen molar-refractivity contribution in [1.82, 2.24) is 19.7 Å². The van der Waals surface area contributed by atoms with Gasteiger partial charge in [0.2, 0.25) is 0 Å². The van der Waals surface area contributed by atoms with Crippen LogP contribution in [-0.4, -0.2) is 19.7 Å². The molecule has 0 spiro atoms. The number of anilines is 1. The standard InChI is InChI=1S/C11H9BrN6.ClH/c12-7-2-1-3-8(4-7)18-11-9(5-16-18)10(17-13)14-6-15-11;/h1-6H,13H2,(H,14,15,17);1H. The lowest BCUT2D eigenvalue weighted by molar-refractivity contribution is 0.894. The summed E-state index contributed by atoms with van der Waals surface area (Å²) in [5.41, 5.74) is 4.15. The number of nitrogens with zero attached hydrogens (tertiary/aromatic N) is 4. The van der Waals surface area contributed by atoms with Crippen molar-refractivity contribution in [3.05, 3.63) is 41.3 Å². The highest BCUT2D eigenvalue weighted by Gasteiger charge is 2.10. The first kappa shape index (κ1) is 13.7. The molecular weight excluding hydrogens is 332 g/mol. The minimum Gasteiger partial charge on any atom is -0.308 e. The third-order valence-corrected chi connectivity index (χ3v) is 3.05. The van der Waals surface area contributed by atoms with Crippen LogP contribution in [0.5, 0.6) is 0 Å². The van der Waals surface area contributed by atoms with Gasteiger partial charge in [-0.2, -0.15) is 5.10 Å². The Kier molecular flexibility index (Phi) is 3.98. The molecule has 0 saturated carbocycles. The van der Waals surface area contributed by atoms with Crippen LogP contribution < -0.4 is 11.3 Å². The molecule has 0 fully saturated rings. The molecule has 1 aromatic carbocycles. The number of halogens is 2. The average molecular weight is 342 g/mol. The molecule has 0 aliphatic heterocycles. The lowest BCUT2D eigenvalue weighted by Crippen LogP contribution is -2.09. The highest BCUT2D eigenvalue weighted by Crippen LogP contribution is 2.22. The molecule has 6 nitrogen and oxygen atoms in total. The molecule has 0 amide bonds. The summed E-state index contributed by atoms with van der Waals surface area (Å²) in [6.45, 7) is 0. The van der Waals surface area contributed by atoms with E-state index in [0.717, 1.165) is 15.5 Å². The predicted molar refractivity (Wildman–Crippen MR) is 79.4 cm³/mol. The Morgan fingerprint density at radius 3 is 2.84 bits per heavy atom. The molecule has 2 heterocycles. The van der Waals surface area contributed by atoms with Crippen molar-refractivity contribution in [2.45, 2.75) is 0 Å². The molecule has 98 valence electrons. The van der Waals surface area contributed by atoms with E-state index in [4.69, 9.17) is 5.84 Å². The Hall–Kier alpha value is -1.70. The van der Waals surface area contributed by atoms with Gasteiger partial charge in [-0.15, -0.1) is 12.4 Å². The van der Waals surface area contributed by atoms with Gasteiger partial charge >= 0.3 is 0 Å². The summed E-state index contributed by atoms with van der Waals surface area (Å²) in [7, 11) is 0. The second-order valence-electron chi connectivity index (χ2n) is 3.64. The molecule has 0 aliphatic carbocycles. The highest BCUT2D eigenvalue weighted by molar-refractivity contribution is 9.10. The van der Waals surface area contributed by atoms with E-state index in [1.54, 1.807) is 10.9 Å².